The molecule has 1 saturated carbocycles. The van der Waals surface area contributed by atoms with Crippen molar-refractivity contribution in [2.75, 3.05) is 7.11 Å². The number of phenols is 1. The minimum atomic E-state index is -3.87. The lowest BCUT2D eigenvalue weighted by molar-refractivity contribution is -0.386. The number of nitro groups is 1. The van der Waals surface area contributed by atoms with Crippen LogP contribution in [0.5, 0.6) is 5.75 Å². The second-order valence-electron chi connectivity index (χ2n) is 4.90. The van der Waals surface area contributed by atoms with E-state index in [1.54, 1.807) is 7.11 Å². The van der Waals surface area contributed by atoms with E-state index in [0.29, 0.717) is 12.8 Å². The van der Waals surface area contributed by atoms with Crippen LogP contribution >= 0.6 is 0 Å². The van der Waals surface area contributed by atoms with E-state index in [2.05, 4.69) is 4.72 Å². The highest BCUT2D eigenvalue weighted by atomic mass is 32.2. The van der Waals surface area contributed by atoms with Crippen molar-refractivity contribution in [3.8, 4) is 5.75 Å². The largest absolute Gasteiger partial charge is 0.502 e. The number of rotatable bonds is 5. The Hall–Kier alpha value is -1.71. The van der Waals surface area contributed by atoms with Gasteiger partial charge in [-0.1, -0.05) is 0 Å². The van der Waals surface area contributed by atoms with Gasteiger partial charge in [-0.25, -0.2) is 13.1 Å². The summed E-state index contributed by atoms with van der Waals surface area (Å²) in [5, 5.41) is 20.1. The molecular weight excluding hydrogens is 300 g/mol. The summed E-state index contributed by atoms with van der Waals surface area (Å²) in [5.41, 5.74) is -0.640. The first kappa shape index (κ1) is 15.7. The van der Waals surface area contributed by atoms with E-state index < -0.39 is 26.4 Å². The fourth-order valence-electron chi connectivity index (χ4n) is 2.37. The third-order valence-corrected chi connectivity index (χ3v) is 5.01. The van der Waals surface area contributed by atoms with Crippen molar-refractivity contribution in [1.29, 1.82) is 0 Å². The van der Waals surface area contributed by atoms with Crippen LogP contribution < -0.4 is 4.72 Å². The molecule has 2 rings (SSSR count). The number of nitrogens with one attached hydrogen (secondary N) is 1. The third-order valence-electron chi connectivity index (χ3n) is 3.49. The van der Waals surface area contributed by atoms with Gasteiger partial charge in [0.05, 0.1) is 15.9 Å². The van der Waals surface area contributed by atoms with Crippen LogP contribution in [0.15, 0.2) is 23.1 Å². The summed E-state index contributed by atoms with van der Waals surface area (Å²) >= 11 is 0. The van der Waals surface area contributed by atoms with Gasteiger partial charge >= 0.3 is 5.69 Å². The molecule has 0 aromatic heterocycles. The highest BCUT2D eigenvalue weighted by molar-refractivity contribution is 7.89. The van der Waals surface area contributed by atoms with Crippen molar-refractivity contribution in [3.05, 3.63) is 28.3 Å². The van der Waals surface area contributed by atoms with Crippen LogP contribution in [0.25, 0.3) is 0 Å². The van der Waals surface area contributed by atoms with Crippen molar-refractivity contribution in [1.82, 2.24) is 4.72 Å². The van der Waals surface area contributed by atoms with E-state index in [1.165, 1.54) is 0 Å². The summed E-state index contributed by atoms with van der Waals surface area (Å²) in [5.74, 6) is -0.570. The Balaban J connectivity index is 2.20. The zero-order valence-corrected chi connectivity index (χ0v) is 12.2. The number of nitrogens with zero attached hydrogens (tertiary/aromatic N) is 1. The quantitative estimate of drug-likeness (QED) is 0.621. The molecule has 2 unspecified atom stereocenters. The molecule has 0 bridgehead atoms. The van der Waals surface area contributed by atoms with Crippen molar-refractivity contribution < 1.29 is 23.2 Å². The lowest BCUT2D eigenvalue weighted by Crippen LogP contribution is -2.33. The second-order valence-corrected chi connectivity index (χ2v) is 6.61. The van der Waals surface area contributed by atoms with Gasteiger partial charge in [-0.05, 0) is 31.4 Å². The Morgan fingerprint density at radius 3 is 2.71 bits per heavy atom. The summed E-state index contributed by atoms with van der Waals surface area (Å²) < 4.78 is 32.1. The highest BCUT2D eigenvalue weighted by Gasteiger charge is 2.29. The topological polar surface area (TPSA) is 119 Å². The fourth-order valence-corrected chi connectivity index (χ4v) is 3.67. The summed E-state index contributed by atoms with van der Waals surface area (Å²) in [7, 11) is -2.29. The van der Waals surface area contributed by atoms with Gasteiger partial charge in [0.1, 0.15) is 0 Å². The first-order valence-electron chi connectivity index (χ1n) is 6.36. The second kappa shape index (κ2) is 5.96. The third kappa shape index (κ3) is 3.49. The van der Waals surface area contributed by atoms with E-state index in [9.17, 15) is 23.6 Å². The van der Waals surface area contributed by atoms with Gasteiger partial charge < -0.3 is 9.84 Å². The van der Waals surface area contributed by atoms with Gasteiger partial charge in [-0.15, -0.1) is 0 Å². The van der Waals surface area contributed by atoms with Crippen molar-refractivity contribution in [2.24, 2.45) is 0 Å². The molecule has 1 aromatic rings. The molecule has 0 radical (unpaired) electrons. The fraction of sp³-hybridized carbons (Fsp3) is 0.500. The smallest absolute Gasteiger partial charge is 0.312 e. The summed E-state index contributed by atoms with van der Waals surface area (Å²) in [6.07, 6.45) is 2.00. The van der Waals surface area contributed by atoms with Gasteiger partial charge in [-0.2, -0.15) is 0 Å². The number of hydrogen-bond acceptors (Lipinski definition) is 6. The van der Waals surface area contributed by atoms with Crippen LogP contribution in [0.1, 0.15) is 19.3 Å². The number of hydrogen-bond donors (Lipinski definition) is 2. The Kier molecular flexibility index (Phi) is 4.45. The number of nitro benzene ring substituents is 1. The van der Waals surface area contributed by atoms with Crippen LogP contribution in [-0.4, -0.2) is 37.7 Å². The van der Waals surface area contributed by atoms with E-state index in [4.69, 9.17) is 4.74 Å². The molecule has 2 N–H and O–H groups in total. The molecule has 9 heteroatoms. The van der Waals surface area contributed by atoms with Crippen molar-refractivity contribution >= 4 is 15.7 Å². The maximum atomic E-state index is 12.2. The Morgan fingerprint density at radius 1 is 1.43 bits per heavy atom. The average Bonchev–Trinajstić information content (AvgIpc) is 2.85. The number of sulfonamides is 1. The average molecular weight is 316 g/mol. The lowest BCUT2D eigenvalue weighted by atomic mass is 10.3. The van der Waals surface area contributed by atoms with Gasteiger partial charge in [0.25, 0.3) is 0 Å². The molecule has 2 atom stereocenters. The maximum Gasteiger partial charge on any atom is 0.312 e. The normalized spacial score (nSPS) is 22.3. The van der Waals surface area contributed by atoms with E-state index in [0.717, 1.165) is 24.6 Å². The zero-order chi connectivity index (χ0) is 15.6. The summed E-state index contributed by atoms with van der Waals surface area (Å²) in [4.78, 5) is 9.67. The molecule has 0 heterocycles. The molecule has 1 aliphatic carbocycles. The molecule has 116 valence electrons. The minimum absolute atomic E-state index is 0.0202. The number of phenolic OH excluding ortho intramolecular Hbond substituents is 1. The van der Waals surface area contributed by atoms with Crippen molar-refractivity contribution in [3.63, 3.8) is 0 Å². The molecule has 1 aliphatic rings. The highest BCUT2D eigenvalue weighted by Crippen LogP contribution is 2.29. The van der Waals surface area contributed by atoms with Gasteiger partial charge in [0.15, 0.2) is 5.75 Å². The van der Waals surface area contributed by atoms with Crippen LogP contribution in [0.3, 0.4) is 0 Å². The van der Waals surface area contributed by atoms with Gasteiger partial charge in [0.2, 0.25) is 10.0 Å². The number of methoxy groups -OCH3 is 1. The SMILES string of the molecule is COC1CCC(NS(=O)(=O)c2ccc(O)c([N+](=O)[O-])c2)C1. The van der Waals surface area contributed by atoms with Gasteiger partial charge in [-0.3, -0.25) is 10.1 Å². The standard InChI is InChI=1S/C12H16N2O6S/c1-20-9-3-2-8(6-9)13-21(18,19)10-4-5-12(15)11(7-10)14(16)17/h4-5,7-9,13,15H,2-3,6H2,1H3. The van der Waals surface area contributed by atoms with Crippen LogP contribution in [0.4, 0.5) is 5.69 Å². The molecule has 1 aromatic carbocycles. The summed E-state index contributed by atoms with van der Waals surface area (Å²) in [6, 6.07) is 2.72. The lowest BCUT2D eigenvalue weighted by Gasteiger charge is -2.13. The van der Waals surface area contributed by atoms with Crippen LogP contribution in [-0.2, 0) is 14.8 Å². The monoisotopic (exact) mass is 316 g/mol. The molecule has 21 heavy (non-hydrogen) atoms. The Bertz CT molecular complexity index is 645. The molecule has 1 fully saturated rings. The number of aromatic hydroxyl groups is 1. The van der Waals surface area contributed by atoms with E-state index in [1.807, 2.05) is 0 Å². The van der Waals surface area contributed by atoms with E-state index in [-0.39, 0.29) is 17.0 Å². The van der Waals surface area contributed by atoms with Crippen LogP contribution in [0.2, 0.25) is 0 Å². The summed E-state index contributed by atoms with van der Waals surface area (Å²) in [6.45, 7) is 0. The molecule has 0 spiro atoms. The number of ether oxygens (including phenoxy) is 1. The van der Waals surface area contributed by atoms with E-state index >= 15 is 0 Å². The molecule has 0 amide bonds. The zero-order valence-electron chi connectivity index (χ0n) is 11.4. The first-order chi connectivity index (χ1) is 9.83. The predicted molar refractivity (Wildman–Crippen MR) is 73.5 cm³/mol. The molecule has 0 aliphatic heterocycles. The van der Waals surface area contributed by atoms with Gasteiger partial charge in [0, 0.05) is 19.2 Å². The molecular formula is C12H16N2O6S. The predicted octanol–water partition coefficient (Wildman–Crippen LogP) is 1.15. The molecule has 8 nitrogen and oxygen atoms in total. The Labute approximate surface area is 121 Å². The minimum Gasteiger partial charge on any atom is -0.502 e. The maximum absolute atomic E-state index is 12.2. The van der Waals surface area contributed by atoms with Crippen LogP contribution in [0, 0.1) is 10.1 Å². The Morgan fingerprint density at radius 2 is 2.14 bits per heavy atom. The van der Waals surface area contributed by atoms with Crippen molar-refractivity contribution in [2.45, 2.75) is 36.3 Å². The number of benzene rings is 1. The molecule has 0 saturated heterocycles. The first-order valence-corrected chi connectivity index (χ1v) is 7.84.